The third-order valence-electron chi connectivity index (χ3n) is 4.13. The van der Waals surface area contributed by atoms with Crippen LogP contribution < -0.4 is 0 Å². The maximum absolute atomic E-state index is 12.7. The van der Waals surface area contributed by atoms with Gasteiger partial charge < -0.3 is 0 Å². The van der Waals surface area contributed by atoms with Gasteiger partial charge in [-0.25, -0.2) is 8.42 Å². The van der Waals surface area contributed by atoms with Gasteiger partial charge in [0.25, 0.3) is 0 Å². The van der Waals surface area contributed by atoms with Gasteiger partial charge in [-0.3, -0.25) is 4.57 Å². The van der Waals surface area contributed by atoms with Gasteiger partial charge in [0, 0.05) is 6.04 Å². The quantitative estimate of drug-likeness (QED) is 0.846. The molecule has 7 nitrogen and oxygen atoms in total. The summed E-state index contributed by atoms with van der Waals surface area (Å²) < 4.78 is 35.0. The fourth-order valence-corrected chi connectivity index (χ4v) is 5.04. The van der Waals surface area contributed by atoms with Gasteiger partial charge in [0.2, 0.25) is 15.0 Å². The Morgan fingerprint density at radius 3 is 2.86 bits per heavy atom. The molecule has 120 valence electrons. The van der Waals surface area contributed by atoms with E-state index in [1.165, 1.54) is 12.6 Å². The van der Waals surface area contributed by atoms with Crippen LogP contribution in [0.25, 0.3) is 0 Å². The molecule has 2 atom stereocenters. The third-order valence-corrected chi connectivity index (χ3v) is 6.16. The Hall–Kier alpha value is -1.35. The zero-order chi connectivity index (χ0) is 15.7. The van der Waals surface area contributed by atoms with Crippen LogP contribution in [-0.4, -0.2) is 31.9 Å². The van der Waals surface area contributed by atoms with Gasteiger partial charge in [0.05, 0.1) is 23.6 Å². The monoisotopic (exact) mass is 341 g/mol. The summed E-state index contributed by atoms with van der Waals surface area (Å²) in [5.74, 6) is 1.08. The lowest BCUT2D eigenvalue weighted by Crippen LogP contribution is -2.23. The Morgan fingerprint density at radius 2 is 2.18 bits per heavy atom. The average Bonchev–Trinajstić information content (AvgIpc) is 3.08. The van der Waals surface area contributed by atoms with Crippen molar-refractivity contribution in [2.45, 2.75) is 56.5 Å². The van der Waals surface area contributed by atoms with Crippen molar-refractivity contribution in [2.75, 3.05) is 0 Å². The summed E-state index contributed by atoms with van der Waals surface area (Å²) in [4.78, 5) is 0. The number of aromatic nitrogens is 5. The molecule has 1 saturated carbocycles. The lowest BCUT2D eigenvalue weighted by Gasteiger charge is -2.29. The summed E-state index contributed by atoms with van der Waals surface area (Å²) in [6, 6.07) is 0.164. The fraction of sp³-hybridized carbons (Fsp3) is 0.692. The van der Waals surface area contributed by atoms with Crippen LogP contribution in [0, 0.1) is 12.8 Å². The highest BCUT2D eigenvalue weighted by Crippen LogP contribution is 2.34. The van der Waals surface area contributed by atoms with Gasteiger partial charge in [-0.1, -0.05) is 19.8 Å². The first-order valence-corrected chi connectivity index (χ1v) is 9.76. The summed E-state index contributed by atoms with van der Waals surface area (Å²) in [5.41, 5.74) is 0.453. The van der Waals surface area contributed by atoms with Crippen molar-refractivity contribution >= 4 is 21.6 Å². The average molecular weight is 341 g/mol. The molecule has 2 aromatic rings. The van der Waals surface area contributed by atoms with Crippen molar-refractivity contribution in [1.82, 2.24) is 23.5 Å². The fourth-order valence-electron chi connectivity index (χ4n) is 3.13. The molecule has 2 aromatic heterocycles. The smallest absolute Gasteiger partial charge is 0.250 e. The second-order valence-electron chi connectivity index (χ2n) is 5.98. The molecular formula is C13H19N5O2S2. The highest BCUT2D eigenvalue weighted by molar-refractivity contribution is 7.90. The minimum Gasteiger partial charge on any atom is -0.299 e. The van der Waals surface area contributed by atoms with Crippen LogP contribution in [0.5, 0.6) is 0 Å². The molecule has 9 heteroatoms. The van der Waals surface area contributed by atoms with Crippen molar-refractivity contribution in [2.24, 2.45) is 5.92 Å². The van der Waals surface area contributed by atoms with Crippen LogP contribution >= 0.6 is 11.7 Å². The van der Waals surface area contributed by atoms with Crippen LogP contribution in [0.4, 0.5) is 0 Å². The minimum atomic E-state index is -3.57. The van der Waals surface area contributed by atoms with Gasteiger partial charge in [-0.2, -0.15) is 8.75 Å². The Kier molecular flexibility index (Phi) is 4.26. The predicted molar refractivity (Wildman–Crippen MR) is 82.2 cm³/mol. The molecule has 0 aliphatic heterocycles. The third kappa shape index (κ3) is 3.05. The van der Waals surface area contributed by atoms with Crippen LogP contribution in [-0.2, 0) is 15.6 Å². The number of sulfone groups is 1. The SMILES string of the molecule is Cc1nnc(S(=O)(=O)Cc2cnsn2)n1C1CCCC(C)C1. The topological polar surface area (TPSA) is 90.6 Å². The Labute approximate surface area is 134 Å². The molecule has 2 unspecified atom stereocenters. The predicted octanol–water partition coefficient (Wildman–Crippen LogP) is 2.16. The first kappa shape index (κ1) is 15.5. The second kappa shape index (κ2) is 6.04. The first-order chi connectivity index (χ1) is 10.5. The van der Waals surface area contributed by atoms with E-state index in [0.717, 1.165) is 31.0 Å². The summed E-state index contributed by atoms with van der Waals surface area (Å²) in [7, 11) is -3.57. The van der Waals surface area contributed by atoms with Gasteiger partial charge in [0.15, 0.2) is 0 Å². The highest BCUT2D eigenvalue weighted by Gasteiger charge is 2.30. The van der Waals surface area contributed by atoms with Crippen LogP contribution in [0.1, 0.15) is 50.2 Å². The molecule has 0 saturated heterocycles. The van der Waals surface area contributed by atoms with Crippen molar-refractivity contribution < 1.29 is 8.42 Å². The molecule has 1 aliphatic rings. The lowest BCUT2D eigenvalue weighted by molar-refractivity contribution is 0.267. The van der Waals surface area contributed by atoms with Gasteiger partial charge in [0.1, 0.15) is 11.6 Å². The van der Waals surface area contributed by atoms with Gasteiger partial charge in [-0.05, 0) is 25.7 Å². The normalized spacial score (nSPS) is 22.8. The summed E-state index contributed by atoms with van der Waals surface area (Å²) >= 11 is 1.01. The molecular weight excluding hydrogens is 322 g/mol. The van der Waals surface area contributed by atoms with Crippen molar-refractivity contribution in [3.05, 3.63) is 17.7 Å². The van der Waals surface area contributed by atoms with E-state index in [0.29, 0.717) is 17.4 Å². The number of aryl methyl sites for hydroxylation is 1. The van der Waals surface area contributed by atoms with E-state index in [1.807, 2.05) is 11.5 Å². The zero-order valence-electron chi connectivity index (χ0n) is 12.6. The number of nitrogens with zero attached hydrogens (tertiary/aromatic N) is 5. The first-order valence-electron chi connectivity index (χ1n) is 7.38. The van der Waals surface area contributed by atoms with Crippen LogP contribution in [0.2, 0.25) is 0 Å². The Morgan fingerprint density at radius 1 is 1.36 bits per heavy atom. The van der Waals surface area contributed by atoms with E-state index < -0.39 is 9.84 Å². The van der Waals surface area contributed by atoms with E-state index in [4.69, 9.17) is 0 Å². The minimum absolute atomic E-state index is 0.0668. The lowest BCUT2D eigenvalue weighted by atomic mass is 9.87. The van der Waals surface area contributed by atoms with Crippen LogP contribution in [0.3, 0.4) is 0 Å². The van der Waals surface area contributed by atoms with E-state index in [1.54, 1.807) is 0 Å². The Balaban J connectivity index is 1.94. The van der Waals surface area contributed by atoms with Crippen LogP contribution in [0.15, 0.2) is 11.4 Å². The number of hydrogen-bond donors (Lipinski definition) is 0. The molecule has 0 N–H and O–H groups in total. The number of rotatable bonds is 4. The maximum Gasteiger partial charge on any atom is 0.250 e. The van der Waals surface area contributed by atoms with Crippen molar-refractivity contribution in [1.29, 1.82) is 0 Å². The zero-order valence-corrected chi connectivity index (χ0v) is 14.3. The summed E-state index contributed by atoms with van der Waals surface area (Å²) in [5, 5.41) is 8.03. The van der Waals surface area contributed by atoms with Gasteiger partial charge >= 0.3 is 0 Å². The second-order valence-corrected chi connectivity index (χ2v) is 8.42. The van der Waals surface area contributed by atoms with E-state index in [-0.39, 0.29) is 17.0 Å². The molecule has 0 spiro atoms. The summed E-state index contributed by atoms with van der Waals surface area (Å²) in [6.45, 7) is 4.02. The molecule has 1 fully saturated rings. The molecule has 0 bridgehead atoms. The molecule has 0 aromatic carbocycles. The molecule has 0 radical (unpaired) electrons. The van der Waals surface area contributed by atoms with E-state index in [2.05, 4.69) is 25.9 Å². The van der Waals surface area contributed by atoms with Gasteiger partial charge in [-0.15, -0.1) is 10.2 Å². The Bertz CT molecular complexity index is 739. The largest absolute Gasteiger partial charge is 0.299 e. The maximum atomic E-state index is 12.7. The van der Waals surface area contributed by atoms with E-state index in [9.17, 15) is 8.42 Å². The molecule has 1 aliphatic carbocycles. The highest BCUT2D eigenvalue weighted by atomic mass is 32.2. The molecule has 2 heterocycles. The standard InChI is InChI=1S/C13H19N5O2S2/c1-9-4-3-5-12(6-9)18-10(2)15-16-13(18)22(19,20)8-11-7-14-21-17-11/h7,9,12H,3-6,8H2,1-2H3. The number of hydrogen-bond acceptors (Lipinski definition) is 7. The van der Waals surface area contributed by atoms with E-state index >= 15 is 0 Å². The molecule has 22 heavy (non-hydrogen) atoms. The summed E-state index contributed by atoms with van der Waals surface area (Å²) in [6.07, 6.45) is 5.74. The molecule has 3 rings (SSSR count). The van der Waals surface area contributed by atoms with Crippen molar-refractivity contribution in [3.63, 3.8) is 0 Å². The van der Waals surface area contributed by atoms with Crippen molar-refractivity contribution in [3.8, 4) is 0 Å². The molecule has 0 amide bonds.